The quantitative estimate of drug-likeness (QED) is 0.377. The highest BCUT2D eigenvalue weighted by Gasteiger charge is 2.15. The van der Waals surface area contributed by atoms with Gasteiger partial charge in [-0.1, -0.05) is 64.1 Å². The lowest BCUT2D eigenvalue weighted by molar-refractivity contribution is -0.385. The summed E-state index contributed by atoms with van der Waals surface area (Å²) in [7, 11) is 0. The van der Waals surface area contributed by atoms with Crippen LogP contribution in [0.25, 0.3) is 0 Å². The van der Waals surface area contributed by atoms with Crippen LogP contribution in [-0.2, 0) is 12.8 Å². The molecule has 2 aromatic rings. The highest BCUT2D eigenvalue weighted by Crippen LogP contribution is 2.22. The smallest absolute Gasteiger partial charge is 0.273 e. The first-order valence-corrected chi connectivity index (χ1v) is 9.03. The van der Waals surface area contributed by atoms with Crippen LogP contribution in [-0.4, -0.2) is 17.5 Å². The maximum Gasteiger partial charge on any atom is 0.273 e. The number of hydrogen-bond acceptors (Lipinski definition) is 4. The molecule has 0 atom stereocenters. The topological polar surface area (TPSA) is 77.3 Å². The summed E-state index contributed by atoms with van der Waals surface area (Å²) < 4.78 is 0. The van der Waals surface area contributed by atoms with Gasteiger partial charge in [-0.15, -0.1) is 0 Å². The molecule has 0 heterocycles. The Morgan fingerprint density at radius 3 is 1.81 bits per heavy atom. The number of carbonyl (C=O) groups is 2. The molecule has 5 nitrogen and oxygen atoms in total. The van der Waals surface area contributed by atoms with Crippen LogP contribution in [0.4, 0.5) is 5.69 Å². The summed E-state index contributed by atoms with van der Waals surface area (Å²) in [6.07, 6.45) is 3.22. The molecule has 0 saturated carbocycles. The average molecular weight is 369 g/mol. The second-order valence-corrected chi connectivity index (χ2v) is 7.32. The van der Waals surface area contributed by atoms with E-state index in [4.69, 9.17) is 0 Å². The number of benzene rings is 2. The molecule has 144 valence electrons. The molecule has 0 aliphatic rings. The maximum absolute atomic E-state index is 10.8. The summed E-state index contributed by atoms with van der Waals surface area (Å²) in [5.41, 5.74) is 3.11. The van der Waals surface area contributed by atoms with Gasteiger partial charge in [0.15, 0.2) is 0 Å². The van der Waals surface area contributed by atoms with E-state index < -0.39 is 4.92 Å². The van der Waals surface area contributed by atoms with Gasteiger partial charge in [0.1, 0.15) is 12.6 Å². The lowest BCUT2D eigenvalue weighted by atomic mass is 10.00. The summed E-state index contributed by atoms with van der Waals surface area (Å²) in [5, 5.41) is 10.8. The molecule has 0 amide bonds. The van der Waals surface area contributed by atoms with Gasteiger partial charge in [-0.25, -0.2) is 0 Å². The number of rotatable bonds is 7. The Kier molecular flexibility index (Phi) is 9.06. The molecule has 0 N–H and O–H groups in total. The van der Waals surface area contributed by atoms with Gasteiger partial charge in [0.2, 0.25) is 0 Å². The number of nitro groups is 1. The molecule has 27 heavy (non-hydrogen) atoms. The van der Waals surface area contributed by atoms with Crippen LogP contribution in [0.5, 0.6) is 0 Å². The third-order valence-electron chi connectivity index (χ3n) is 3.83. The van der Waals surface area contributed by atoms with Crippen molar-refractivity contribution < 1.29 is 14.5 Å². The molecule has 0 fully saturated rings. The largest absolute Gasteiger partial charge is 0.298 e. The SMILES string of the molecule is CC(C)Cc1ccc(C=O)cc1.CC(C)Cc1ccc(C=O)cc1[N+](=O)[O-]. The minimum absolute atomic E-state index is 0.0355. The third-order valence-corrected chi connectivity index (χ3v) is 3.83. The van der Waals surface area contributed by atoms with E-state index in [1.54, 1.807) is 12.1 Å². The summed E-state index contributed by atoms with van der Waals surface area (Å²) in [6.45, 7) is 8.37. The van der Waals surface area contributed by atoms with Crippen molar-refractivity contribution in [3.05, 3.63) is 74.8 Å². The summed E-state index contributed by atoms with van der Waals surface area (Å²) >= 11 is 0. The van der Waals surface area contributed by atoms with Crippen molar-refractivity contribution in [2.45, 2.75) is 40.5 Å². The van der Waals surface area contributed by atoms with Gasteiger partial charge < -0.3 is 0 Å². The lowest BCUT2D eigenvalue weighted by Gasteiger charge is -2.05. The van der Waals surface area contributed by atoms with Gasteiger partial charge in [0.25, 0.3) is 5.69 Å². The molecule has 0 spiro atoms. The number of carbonyl (C=O) groups excluding carboxylic acids is 2. The van der Waals surface area contributed by atoms with E-state index in [9.17, 15) is 19.7 Å². The fraction of sp³-hybridized carbons (Fsp3) is 0.364. The van der Waals surface area contributed by atoms with Crippen molar-refractivity contribution in [2.75, 3.05) is 0 Å². The number of nitro benzene ring substituents is 1. The zero-order valence-corrected chi connectivity index (χ0v) is 16.3. The van der Waals surface area contributed by atoms with E-state index in [1.807, 2.05) is 38.1 Å². The Balaban J connectivity index is 0.000000277. The standard InChI is InChI=1S/C11H13NO3.C11H14O/c1-8(2)5-10-4-3-9(7-13)6-11(10)12(14)15;1-9(2)7-10-3-5-11(8-12)6-4-10/h3-4,6-8H,5H2,1-2H3;3-6,8-9H,7H2,1-2H3. The van der Waals surface area contributed by atoms with Crippen LogP contribution >= 0.6 is 0 Å². The molecule has 0 radical (unpaired) electrons. The summed E-state index contributed by atoms with van der Waals surface area (Å²) in [5.74, 6) is 1.03. The van der Waals surface area contributed by atoms with Crippen LogP contribution < -0.4 is 0 Å². The van der Waals surface area contributed by atoms with E-state index in [-0.39, 0.29) is 5.69 Å². The van der Waals surface area contributed by atoms with E-state index in [2.05, 4.69) is 13.8 Å². The number of aldehydes is 2. The van der Waals surface area contributed by atoms with E-state index in [0.29, 0.717) is 35.7 Å². The molecule has 2 aromatic carbocycles. The van der Waals surface area contributed by atoms with E-state index >= 15 is 0 Å². The zero-order chi connectivity index (χ0) is 20.4. The van der Waals surface area contributed by atoms with Crippen molar-refractivity contribution in [3.63, 3.8) is 0 Å². The van der Waals surface area contributed by atoms with E-state index in [0.717, 1.165) is 18.3 Å². The molecule has 2 rings (SSSR count). The zero-order valence-electron chi connectivity index (χ0n) is 16.3. The highest BCUT2D eigenvalue weighted by molar-refractivity contribution is 5.76. The highest BCUT2D eigenvalue weighted by atomic mass is 16.6. The predicted molar refractivity (Wildman–Crippen MR) is 107 cm³/mol. The summed E-state index contributed by atoms with van der Waals surface area (Å²) in [6, 6.07) is 12.4. The molecule has 0 unspecified atom stereocenters. The van der Waals surface area contributed by atoms with Crippen LogP contribution in [0.2, 0.25) is 0 Å². The fourth-order valence-corrected chi connectivity index (χ4v) is 2.64. The minimum atomic E-state index is -0.440. The third kappa shape index (κ3) is 7.94. The lowest BCUT2D eigenvalue weighted by Crippen LogP contribution is -2.00. The summed E-state index contributed by atoms with van der Waals surface area (Å²) in [4.78, 5) is 31.2. The molecule has 0 bridgehead atoms. The Morgan fingerprint density at radius 2 is 1.37 bits per heavy atom. The Labute approximate surface area is 160 Å². The molecule has 0 saturated heterocycles. The molecule has 5 heteroatoms. The fourth-order valence-electron chi connectivity index (χ4n) is 2.64. The molecule has 0 aromatic heterocycles. The first-order valence-electron chi connectivity index (χ1n) is 9.03. The predicted octanol–water partition coefficient (Wildman–Crippen LogP) is 5.30. The van der Waals surface area contributed by atoms with Crippen molar-refractivity contribution in [1.29, 1.82) is 0 Å². The van der Waals surface area contributed by atoms with Crippen molar-refractivity contribution in [3.8, 4) is 0 Å². The van der Waals surface area contributed by atoms with Gasteiger partial charge in [0, 0.05) is 22.8 Å². The number of nitrogens with zero attached hydrogens (tertiary/aromatic N) is 1. The monoisotopic (exact) mass is 369 g/mol. The number of hydrogen-bond donors (Lipinski definition) is 0. The van der Waals surface area contributed by atoms with Crippen LogP contribution in [0.3, 0.4) is 0 Å². The molecular formula is C22H27NO4. The Morgan fingerprint density at radius 1 is 0.852 bits per heavy atom. The normalized spacial score (nSPS) is 10.3. The van der Waals surface area contributed by atoms with E-state index in [1.165, 1.54) is 11.6 Å². The van der Waals surface area contributed by atoms with Gasteiger partial charge in [-0.2, -0.15) is 0 Å². The molecule has 0 aliphatic heterocycles. The van der Waals surface area contributed by atoms with Crippen molar-refractivity contribution in [2.24, 2.45) is 11.8 Å². The Bertz CT molecular complexity index is 764. The van der Waals surface area contributed by atoms with Crippen LogP contribution in [0, 0.1) is 22.0 Å². The first-order chi connectivity index (χ1) is 12.8. The van der Waals surface area contributed by atoms with Gasteiger partial charge in [-0.3, -0.25) is 19.7 Å². The van der Waals surface area contributed by atoms with Crippen molar-refractivity contribution >= 4 is 18.3 Å². The first kappa shape index (κ1) is 22.2. The average Bonchev–Trinajstić information content (AvgIpc) is 2.62. The second kappa shape index (κ2) is 11.0. The molecule has 0 aliphatic carbocycles. The van der Waals surface area contributed by atoms with Gasteiger partial charge >= 0.3 is 0 Å². The minimum Gasteiger partial charge on any atom is -0.298 e. The van der Waals surface area contributed by atoms with Gasteiger partial charge in [0.05, 0.1) is 4.92 Å². The van der Waals surface area contributed by atoms with Gasteiger partial charge in [-0.05, 0) is 30.2 Å². The Hall–Kier alpha value is -2.82. The van der Waals surface area contributed by atoms with Crippen molar-refractivity contribution in [1.82, 2.24) is 0 Å². The second-order valence-electron chi connectivity index (χ2n) is 7.32. The van der Waals surface area contributed by atoms with Crippen LogP contribution in [0.1, 0.15) is 59.5 Å². The van der Waals surface area contributed by atoms with Crippen LogP contribution in [0.15, 0.2) is 42.5 Å². The molecular weight excluding hydrogens is 342 g/mol. The maximum atomic E-state index is 10.8.